The minimum absolute atomic E-state index is 0.0676. The standard InChI is InChI=1S/C21H20N2O4S/c1-22-20-19(28-21(22)25)15(14-10-7-11-16(26-2)18(14)27-3)12-17(24)23(20)13-8-5-4-6-9-13/h4-11,15H,12H2,1-3H3/t15-/m0/s1. The molecule has 0 saturated carbocycles. The van der Waals surface area contributed by atoms with Gasteiger partial charge in [-0.2, -0.15) is 0 Å². The van der Waals surface area contributed by atoms with Gasteiger partial charge in [0.05, 0.1) is 24.8 Å². The SMILES string of the molecule is COc1cccc([C@@H]2CC(=O)N(c3ccccc3)c3c2sc(=O)n3C)c1OC. The van der Waals surface area contributed by atoms with Gasteiger partial charge >= 0.3 is 4.87 Å². The average Bonchev–Trinajstić information content (AvgIpc) is 3.02. The summed E-state index contributed by atoms with van der Waals surface area (Å²) in [6, 6.07) is 15.0. The number of hydrogen-bond acceptors (Lipinski definition) is 5. The summed E-state index contributed by atoms with van der Waals surface area (Å²) in [5.74, 6) is 1.47. The largest absolute Gasteiger partial charge is 0.493 e. The van der Waals surface area contributed by atoms with Gasteiger partial charge in [-0.3, -0.25) is 19.1 Å². The zero-order valence-corrected chi connectivity index (χ0v) is 16.7. The van der Waals surface area contributed by atoms with Crippen LogP contribution >= 0.6 is 11.3 Å². The molecule has 1 aliphatic rings. The van der Waals surface area contributed by atoms with Crippen LogP contribution in [0.25, 0.3) is 0 Å². The normalized spacial score (nSPS) is 16.0. The lowest BCUT2D eigenvalue weighted by Gasteiger charge is -2.32. The van der Waals surface area contributed by atoms with E-state index in [1.807, 2.05) is 48.5 Å². The molecule has 28 heavy (non-hydrogen) atoms. The Kier molecular flexibility index (Phi) is 4.68. The number of anilines is 2. The van der Waals surface area contributed by atoms with Crippen molar-refractivity contribution >= 4 is 28.7 Å². The van der Waals surface area contributed by atoms with Crippen LogP contribution in [0.5, 0.6) is 11.5 Å². The molecule has 1 atom stereocenters. The highest BCUT2D eigenvalue weighted by atomic mass is 32.1. The van der Waals surface area contributed by atoms with E-state index in [1.165, 1.54) is 11.3 Å². The molecule has 3 aromatic rings. The van der Waals surface area contributed by atoms with Crippen molar-refractivity contribution in [3.05, 3.63) is 68.6 Å². The second kappa shape index (κ2) is 7.16. The van der Waals surface area contributed by atoms with E-state index >= 15 is 0 Å². The van der Waals surface area contributed by atoms with Crippen LogP contribution in [-0.2, 0) is 11.8 Å². The molecule has 2 aromatic carbocycles. The quantitative estimate of drug-likeness (QED) is 0.675. The molecule has 0 spiro atoms. The van der Waals surface area contributed by atoms with E-state index in [-0.39, 0.29) is 23.1 Å². The van der Waals surface area contributed by atoms with E-state index in [0.29, 0.717) is 17.3 Å². The highest BCUT2D eigenvalue weighted by Crippen LogP contribution is 2.48. The van der Waals surface area contributed by atoms with Crippen LogP contribution in [0.4, 0.5) is 11.5 Å². The molecule has 0 fully saturated rings. The Labute approximate surface area is 166 Å². The second-order valence-electron chi connectivity index (χ2n) is 6.52. The summed E-state index contributed by atoms with van der Waals surface area (Å²) < 4.78 is 12.6. The Morgan fingerprint density at radius 1 is 1.00 bits per heavy atom. The first-order chi connectivity index (χ1) is 13.6. The number of amides is 1. The van der Waals surface area contributed by atoms with Gasteiger partial charge in [-0.25, -0.2) is 0 Å². The first-order valence-electron chi connectivity index (χ1n) is 8.85. The van der Waals surface area contributed by atoms with Crippen molar-refractivity contribution in [1.29, 1.82) is 0 Å². The lowest BCUT2D eigenvalue weighted by molar-refractivity contribution is -0.118. The van der Waals surface area contributed by atoms with Crippen molar-refractivity contribution < 1.29 is 14.3 Å². The van der Waals surface area contributed by atoms with Gasteiger partial charge in [0.15, 0.2) is 11.5 Å². The molecule has 0 bridgehead atoms. The summed E-state index contributed by atoms with van der Waals surface area (Å²) in [7, 11) is 4.86. The number of methoxy groups -OCH3 is 2. The van der Waals surface area contributed by atoms with E-state index < -0.39 is 0 Å². The summed E-state index contributed by atoms with van der Waals surface area (Å²) in [5, 5.41) is 0. The van der Waals surface area contributed by atoms with E-state index in [2.05, 4.69) is 0 Å². The van der Waals surface area contributed by atoms with E-state index in [9.17, 15) is 9.59 Å². The Morgan fingerprint density at radius 2 is 1.75 bits per heavy atom. The maximum atomic E-state index is 13.2. The van der Waals surface area contributed by atoms with Crippen LogP contribution in [0.15, 0.2) is 53.3 Å². The minimum atomic E-state index is -0.272. The fourth-order valence-electron chi connectivity index (χ4n) is 3.70. The molecule has 0 aliphatic carbocycles. The number of fused-ring (bicyclic) bond motifs is 1. The first-order valence-corrected chi connectivity index (χ1v) is 9.67. The van der Waals surface area contributed by atoms with Crippen LogP contribution in [0, 0.1) is 0 Å². The lowest BCUT2D eigenvalue weighted by atomic mass is 9.89. The summed E-state index contributed by atoms with van der Waals surface area (Å²) in [6.45, 7) is 0. The Bertz CT molecular complexity index is 1090. The number of thiazole rings is 1. The molecular weight excluding hydrogens is 376 g/mol. The lowest BCUT2D eigenvalue weighted by Crippen LogP contribution is -2.34. The highest BCUT2D eigenvalue weighted by molar-refractivity contribution is 7.10. The monoisotopic (exact) mass is 396 g/mol. The number of benzene rings is 2. The fourth-order valence-corrected chi connectivity index (χ4v) is 4.79. The van der Waals surface area contributed by atoms with Crippen molar-refractivity contribution in [2.24, 2.45) is 7.05 Å². The number of ether oxygens (including phenoxy) is 2. The van der Waals surface area contributed by atoms with E-state index in [1.54, 1.807) is 30.7 Å². The van der Waals surface area contributed by atoms with Gasteiger partial charge in [-0.1, -0.05) is 41.7 Å². The third kappa shape index (κ3) is 2.79. The van der Waals surface area contributed by atoms with Gasteiger partial charge in [0.2, 0.25) is 5.91 Å². The third-order valence-corrected chi connectivity index (χ3v) is 6.12. The molecule has 0 N–H and O–H groups in total. The summed E-state index contributed by atoms with van der Waals surface area (Å²) in [6.07, 6.45) is 0.241. The minimum Gasteiger partial charge on any atom is -0.493 e. The van der Waals surface area contributed by atoms with Crippen molar-refractivity contribution in [3.8, 4) is 11.5 Å². The van der Waals surface area contributed by atoms with Crippen molar-refractivity contribution in [3.63, 3.8) is 0 Å². The zero-order chi connectivity index (χ0) is 19.8. The van der Waals surface area contributed by atoms with Crippen molar-refractivity contribution in [2.45, 2.75) is 12.3 Å². The molecule has 6 nitrogen and oxygen atoms in total. The van der Waals surface area contributed by atoms with Gasteiger partial charge in [-0.05, 0) is 18.2 Å². The molecule has 0 saturated heterocycles. The van der Waals surface area contributed by atoms with Crippen molar-refractivity contribution in [1.82, 2.24) is 4.57 Å². The van der Waals surface area contributed by atoms with E-state index in [0.717, 1.165) is 16.1 Å². The molecule has 0 unspecified atom stereocenters. The van der Waals surface area contributed by atoms with Crippen LogP contribution < -0.4 is 19.2 Å². The summed E-state index contributed by atoms with van der Waals surface area (Å²) in [5.41, 5.74) is 1.59. The molecular formula is C21H20N2O4S. The van der Waals surface area contributed by atoms with Gasteiger partial charge in [0.1, 0.15) is 5.82 Å². The predicted octanol–water partition coefficient (Wildman–Crippen LogP) is 3.66. The molecule has 4 rings (SSSR count). The number of para-hydroxylation sites is 2. The average molecular weight is 396 g/mol. The van der Waals surface area contributed by atoms with Gasteiger partial charge < -0.3 is 9.47 Å². The fraction of sp³-hybridized carbons (Fsp3) is 0.238. The van der Waals surface area contributed by atoms with Crippen molar-refractivity contribution in [2.75, 3.05) is 19.1 Å². The van der Waals surface area contributed by atoms with Crippen LogP contribution in [0.2, 0.25) is 0 Å². The zero-order valence-electron chi connectivity index (χ0n) is 15.8. The molecule has 7 heteroatoms. The highest BCUT2D eigenvalue weighted by Gasteiger charge is 2.38. The summed E-state index contributed by atoms with van der Waals surface area (Å²) in [4.78, 5) is 28.1. The Balaban J connectivity index is 1.93. The van der Waals surface area contributed by atoms with Crippen LogP contribution in [0.1, 0.15) is 22.8 Å². The van der Waals surface area contributed by atoms with Gasteiger partial charge in [0, 0.05) is 24.9 Å². The number of carbonyl (C=O) groups excluding carboxylic acids is 1. The number of aromatic nitrogens is 1. The molecule has 2 heterocycles. The molecule has 144 valence electrons. The smallest absolute Gasteiger partial charge is 0.308 e. The van der Waals surface area contributed by atoms with Gasteiger partial charge in [-0.15, -0.1) is 0 Å². The maximum Gasteiger partial charge on any atom is 0.308 e. The predicted molar refractivity (Wildman–Crippen MR) is 109 cm³/mol. The third-order valence-electron chi connectivity index (χ3n) is 4.99. The molecule has 0 radical (unpaired) electrons. The molecule has 1 aromatic heterocycles. The van der Waals surface area contributed by atoms with E-state index in [4.69, 9.17) is 9.47 Å². The maximum absolute atomic E-state index is 13.2. The number of nitrogens with zero attached hydrogens (tertiary/aromatic N) is 2. The first kappa shape index (κ1) is 18.3. The number of hydrogen-bond donors (Lipinski definition) is 0. The Morgan fingerprint density at radius 3 is 2.43 bits per heavy atom. The van der Waals surface area contributed by atoms with Crippen LogP contribution in [0.3, 0.4) is 0 Å². The number of carbonyl (C=O) groups is 1. The summed E-state index contributed by atoms with van der Waals surface area (Å²) >= 11 is 1.17. The van der Waals surface area contributed by atoms with Gasteiger partial charge in [0.25, 0.3) is 0 Å². The molecule has 1 amide bonds. The second-order valence-corrected chi connectivity index (χ2v) is 7.51. The van der Waals surface area contributed by atoms with Crippen LogP contribution in [-0.4, -0.2) is 24.7 Å². The molecule has 1 aliphatic heterocycles. The number of rotatable bonds is 4. The topological polar surface area (TPSA) is 60.8 Å². The Hall–Kier alpha value is -3.06.